The van der Waals surface area contributed by atoms with E-state index in [9.17, 15) is 24.6 Å². The van der Waals surface area contributed by atoms with Crippen LogP contribution in [0.25, 0.3) is 0 Å². The smallest absolute Gasteiger partial charge is 0.183 e. The number of hydrogen-bond donors (Lipinski definition) is 2. The summed E-state index contributed by atoms with van der Waals surface area (Å²) in [6, 6.07) is 0. The Hall–Kier alpha value is -1.75. The fourth-order valence-electron chi connectivity index (χ4n) is 4.50. The molecule has 3 atom stereocenters. The molecule has 2 bridgehead atoms. The van der Waals surface area contributed by atoms with Gasteiger partial charge in [0.05, 0.1) is 16.4 Å². The standard InChI is InChI=1S/C21H30O5/c1-11(2)8-9-21-10-13(19(5,6)26)20(7,18(21)25)16(23)14(17(21)24)15(22)12(3)4/h8,12-13,23,26H,9-10H2,1-7H3/t13-,20+,21-/m1/s1. The maximum atomic E-state index is 13.4. The summed E-state index contributed by atoms with van der Waals surface area (Å²) in [5, 5.41) is 21.6. The fourth-order valence-corrected chi connectivity index (χ4v) is 4.50. The summed E-state index contributed by atoms with van der Waals surface area (Å²) in [5.74, 6) is -3.05. The van der Waals surface area contributed by atoms with E-state index in [2.05, 4.69) is 0 Å². The van der Waals surface area contributed by atoms with Gasteiger partial charge in [-0.05, 0) is 47.5 Å². The van der Waals surface area contributed by atoms with Gasteiger partial charge in [0.15, 0.2) is 17.3 Å². The zero-order valence-corrected chi connectivity index (χ0v) is 16.8. The van der Waals surface area contributed by atoms with Crippen LogP contribution in [0.1, 0.15) is 61.3 Å². The highest BCUT2D eigenvalue weighted by molar-refractivity contribution is 6.32. The molecule has 1 fully saturated rings. The molecule has 2 aliphatic carbocycles. The Kier molecular flexibility index (Phi) is 4.87. The molecule has 26 heavy (non-hydrogen) atoms. The third-order valence-corrected chi connectivity index (χ3v) is 6.03. The first-order valence-corrected chi connectivity index (χ1v) is 9.14. The molecule has 5 nitrogen and oxygen atoms in total. The number of rotatable bonds is 5. The Morgan fingerprint density at radius 3 is 2.27 bits per heavy atom. The molecule has 144 valence electrons. The molecule has 5 heteroatoms. The van der Waals surface area contributed by atoms with E-state index in [1.807, 2.05) is 19.9 Å². The number of aliphatic hydroxyl groups is 2. The highest BCUT2D eigenvalue weighted by atomic mass is 16.3. The number of allylic oxidation sites excluding steroid dienone is 4. The summed E-state index contributed by atoms with van der Waals surface area (Å²) in [7, 11) is 0. The number of carbonyl (C=O) groups is 3. The topological polar surface area (TPSA) is 91.7 Å². The summed E-state index contributed by atoms with van der Waals surface area (Å²) in [6.07, 6.45) is 2.12. The zero-order valence-electron chi connectivity index (χ0n) is 16.8. The molecule has 0 heterocycles. The zero-order chi connectivity index (χ0) is 20.2. The predicted molar refractivity (Wildman–Crippen MR) is 98.5 cm³/mol. The maximum absolute atomic E-state index is 13.4. The van der Waals surface area contributed by atoms with Crippen LogP contribution in [0.2, 0.25) is 0 Å². The molecule has 0 saturated heterocycles. The van der Waals surface area contributed by atoms with Gasteiger partial charge in [-0.15, -0.1) is 0 Å². The van der Waals surface area contributed by atoms with Crippen LogP contribution in [-0.4, -0.2) is 33.2 Å². The molecular weight excluding hydrogens is 332 g/mol. The quantitative estimate of drug-likeness (QED) is 0.445. The molecule has 0 aromatic carbocycles. The van der Waals surface area contributed by atoms with Gasteiger partial charge in [-0.1, -0.05) is 25.5 Å². The van der Waals surface area contributed by atoms with E-state index in [-0.39, 0.29) is 18.4 Å². The number of carbonyl (C=O) groups excluding carboxylic acids is 3. The minimum atomic E-state index is -1.44. The second-order valence-electron chi connectivity index (χ2n) is 9.08. The predicted octanol–water partition coefficient (Wildman–Crippen LogP) is 3.32. The molecule has 1 saturated carbocycles. The van der Waals surface area contributed by atoms with E-state index in [0.717, 1.165) is 5.57 Å². The lowest BCUT2D eigenvalue weighted by Crippen LogP contribution is -2.50. The van der Waals surface area contributed by atoms with Crippen molar-refractivity contribution in [3.05, 3.63) is 23.0 Å². The number of fused-ring (bicyclic) bond motifs is 2. The van der Waals surface area contributed by atoms with Gasteiger partial charge in [-0.2, -0.15) is 0 Å². The van der Waals surface area contributed by atoms with Crippen LogP contribution in [0.15, 0.2) is 23.0 Å². The number of ketones is 3. The van der Waals surface area contributed by atoms with Crippen molar-refractivity contribution in [1.29, 1.82) is 0 Å². The van der Waals surface area contributed by atoms with E-state index in [4.69, 9.17) is 0 Å². The lowest BCUT2D eigenvalue weighted by Gasteiger charge is -2.39. The highest BCUT2D eigenvalue weighted by Gasteiger charge is 2.71. The fraction of sp³-hybridized carbons (Fsp3) is 0.667. The van der Waals surface area contributed by atoms with E-state index >= 15 is 0 Å². The molecule has 2 aliphatic rings. The van der Waals surface area contributed by atoms with Gasteiger partial charge < -0.3 is 10.2 Å². The van der Waals surface area contributed by atoms with Gasteiger partial charge in [0.1, 0.15) is 11.3 Å². The van der Waals surface area contributed by atoms with Crippen LogP contribution in [0.3, 0.4) is 0 Å². The monoisotopic (exact) mass is 362 g/mol. The van der Waals surface area contributed by atoms with Gasteiger partial charge in [0.25, 0.3) is 0 Å². The molecule has 0 spiro atoms. The van der Waals surface area contributed by atoms with Crippen molar-refractivity contribution in [3.8, 4) is 0 Å². The van der Waals surface area contributed by atoms with Gasteiger partial charge >= 0.3 is 0 Å². The molecule has 0 aromatic heterocycles. The first-order chi connectivity index (χ1) is 11.7. The normalized spacial score (nSPS) is 31.7. The third-order valence-electron chi connectivity index (χ3n) is 6.03. The van der Waals surface area contributed by atoms with E-state index in [1.165, 1.54) is 0 Å². The first kappa shape index (κ1) is 20.6. The molecule has 2 rings (SSSR count). The minimum absolute atomic E-state index is 0.118. The van der Waals surface area contributed by atoms with Crippen LogP contribution >= 0.6 is 0 Å². The Balaban J connectivity index is 2.80. The van der Waals surface area contributed by atoms with Crippen LogP contribution in [0.5, 0.6) is 0 Å². The third kappa shape index (κ3) is 2.68. The molecule has 0 unspecified atom stereocenters. The molecule has 0 amide bonds. The number of hydrogen-bond acceptors (Lipinski definition) is 5. The van der Waals surface area contributed by atoms with Crippen LogP contribution in [0, 0.1) is 22.7 Å². The summed E-state index contributed by atoms with van der Waals surface area (Å²) in [5.41, 5.74) is -3.42. The molecular formula is C21H30O5. The molecule has 0 aliphatic heterocycles. The lowest BCUT2D eigenvalue weighted by molar-refractivity contribution is -0.144. The van der Waals surface area contributed by atoms with Gasteiger partial charge in [0.2, 0.25) is 0 Å². The molecule has 2 N–H and O–H groups in total. The first-order valence-electron chi connectivity index (χ1n) is 9.14. The van der Waals surface area contributed by atoms with E-state index in [1.54, 1.807) is 34.6 Å². The highest BCUT2D eigenvalue weighted by Crippen LogP contribution is 2.62. The largest absolute Gasteiger partial charge is 0.510 e. The van der Waals surface area contributed by atoms with Crippen molar-refractivity contribution in [1.82, 2.24) is 0 Å². The second kappa shape index (κ2) is 6.15. The average Bonchev–Trinajstić information content (AvgIpc) is 2.71. The van der Waals surface area contributed by atoms with E-state index in [0.29, 0.717) is 0 Å². The lowest BCUT2D eigenvalue weighted by atomic mass is 9.63. The summed E-state index contributed by atoms with van der Waals surface area (Å²) >= 11 is 0. The Morgan fingerprint density at radius 1 is 1.31 bits per heavy atom. The maximum Gasteiger partial charge on any atom is 0.183 e. The van der Waals surface area contributed by atoms with Gasteiger partial charge in [-0.25, -0.2) is 0 Å². The van der Waals surface area contributed by atoms with Crippen molar-refractivity contribution in [2.24, 2.45) is 22.7 Å². The Labute approximate surface area is 155 Å². The Bertz CT molecular complexity index is 730. The van der Waals surface area contributed by atoms with Crippen molar-refractivity contribution >= 4 is 17.3 Å². The molecule has 0 aromatic rings. The van der Waals surface area contributed by atoms with Crippen molar-refractivity contribution < 1.29 is 24.6 Å². The minimum Gasteiger partial charge on any atom is -0.510 e. The molecule has 0 radical (unpaired) electrons. The second-order valence-corrected chi connectivity index (χ2v) is 9.08. The van der Waals surface area contributed by atoms with Crippen molar-refractivity contribution in [3.63, 3.8) is 0 Å². The number of aliphatic hydroxyl groups excluding tert-OH is 1. The SMILES string of the molecule is CC(C)=CC[C@]12C[C@H](C(C)(C)O)[C@](C)(C1=O)C(O)=C(C(=O)C(C)C)C2=O. The van der Waals surface area contributed by atoms with E-state index < -0.39 is 51.4 Å². The van der Waals surface area contributed by atoms with Crippen molar-refractivity contribution in [2.75, 3.05) is 0 Å². The van der Waals surface area contributed by atoms with Gasteiger partial charge in [0, 0.05) is 11.8 Å². The summed E-state index contributed by atoms with van der Waals surface area (Å²) < 4.78 is 0. The average molecular weight is 362 g/mol. The van der Waals surface area contributed by atoms with Gasteiger partial charge in [-0.3, -0.25) is 14.4 Å². The van der Waals surface area contributed by atoms with Crippen LogP contribution in [0.4, 0.5) is 0 Å². The number of Topliss-reactive ketones (excluding diaryl/α,β-unsaturated/α-hetero) is 3. The Morgan fingerprint density at radius 2 is 1.85 bits per heavy atom. The van der Waals surface area contributed by atoms with Crippen molar-refractivity contribution in [2.45, 2.75) is 66.9 Å². The summed E-state index contributed by atoms with van der Waals surface area (Å²) in [6.45, 7) is 11.8. The van der Waals surface area contributed by atoms with Crippen LogP contribution < -0.4 is 0 Å². The van der Waals surface area contributed by atoms with Crippen LogP contribution in [-0.2, 0) is 14.4 Å². The summed E-state index contributed by atoms with van der Waals surface area (Å²) in [4.78, 5) is 39.4.